The SMILES string of the molecule is C=C(C=O)C(=O)OC(C)(C)O. The van der Waals surface area contributed by atoms with Gasteiger partial charge in [0.1, 0.15) is 0 Å². The first-order valence-electron chi connectivity index (χ1n) is 2.96. The van der Waals surface area contributed by atoms with Crippen molar-refractivity contribution in [3.05, 3.63) is 12.2 Å². The Bertz CT molecular complexity index is 187. The molecule has 0 aromatic carbocycles. The number of carbonyl (C=O) groups excluding carboxylic acids is 2. The fourth-order valence-electron chi connectivity index (χ4n) is 0.341. The lowest BCUT2D eigenvalue weighted by molar-refractivity contribution is -0.190. The Hall–Kier alpha value is -1.16. The van der Waals surface area contributed by atoms with Crippen LogP contribution in [0.25, 0.3) is 0 Å². The average molecular weight is 158 g/mol. The summed E-state index contributed by atoms with van der Waals surface area (Å²) < 4.78 is 4.38. The number of esters is 1. The molecule has 62 valence electrons. The molecule has 11 heavy (non-hydrogen) atoms. The average Bonchev–Trinajstić information content (AvgIpc) is 1.82. The summed E-state index contributed by atoms with van der Waals surface area (Å²) >= 11 is 0. The van der Waals surface area contributed by atoms with Crippen molar-refractivity contribution in [2.75, 3.05) is 0 Å². The highest BCUT2D eigenvalue weighted by Gasteiger charge is 2.19. The van der Waals surface area contributed by atoms with Crippen LogP contribution in [0.5, 0.6) is 0 Å². The van der Waals surface area contributed by atoms with Crippen LogP contribution < -0.4 is 0 Å². The van der Waals surface area contributed by atoms with Crippen LogP contribution in [0.15, 0.2) is 12.2 Å². The summed E-state index contributed by atoms with van der Waals surface area (Å²) in [7, 11) is 0. The van der Waals surface area contributed by atoms with Gasteiger partial charge in [0, 0.05) is 13.8 Å². The van der Waals surface area contributed by atoms with Crippen LogP contribution in [-0.2, 0) is 14.3 Å². The molecule has 0 aliphatic carbocycles. The molecule has 4 heteroatoms. The van der Waals surface area contributed by atoms with Gasteiger partial charge in [0.05, 0.1) is 5.57 Å². The number of aliphatic hydroxyl groups is 1. The first-order valence-corrected chi connectivity index (χ1v) is 2.96. The van der Waals surface area contributed by atoms with Crippen LogP contribution in [0, 0.1) is 0 Å². The number of aldehydes is 1. The van der Waals surface area contributed by atoms with E-state index in [-0.39, 0.29) is 11.9 Å². The molecule has 0 rings (SSSR count). The van der Waals surface area contributed by atoms with E-state index in [1.54, 1.807) is 0 Å². The van der Waals surface area contributed by atoms with Crippen molar-refractivity contribution in [2.24, 2.45) is 0 Å². The molecule has 0 radical (unpaired) electrons. The number of carbonyl (C=O) groups is 2. The molecule has 0 saturated carbocycles. The minimum absolute atomic E-state index is 0.272. The number of hydrogen-bond donors (Lipinski definition) is 1. The van der Waals surface area contributed by atoms with Crippen LogP contribution in [-0.4, -0.2) is 23.1 Å². The van der Waals surface area contributed by atoms with Gasteiger partial charge >= 0.3 is 5.97 Å². The van der Waals surface area contributed by atoms with Crippen molar-refractivity contribution in [3.8, 4) is 0 Å². The maximum atomic E-state index is 10.7. The van der Waals surface area contributed by atoms with Crippen molar-refractivity contribution in [1.29, 1.82) is 0 Å². The normalized spacial score (nSPS) is 10.5. The Morgan fingerprint density at radius 3 is 2.36 bits per heavy atom. The van der Waals surface area contributed by atoms with Gasteiger partial charge < -0.3 is 9.84 Å². The second-order valence-corrected chi connectivity index (χ2v) is 2.48. The van der Waals surface area contributed by atoms with Crippen molar-refractivity contribution in [3.63, 3.8) is 0 Å². The first-order chi connectivity index (χ1) is 4.87. The van der Waals surface area contributed by atoms with Gasteiger partial charge in [-0.3, -0.25) is 4.79 Å². The third kappa shape index (κ3) is 4.27. The van der Waals surface area contributed by atoms with Crippen LogP contribution in [0.4, 0.5) is 0 Å². The van der Waals surface area contributed by atoms with Crippen LogP contribution in [0.1, 0.15) is 13.8 Å². The van der Waals surface area contributed by atoms with Gasteiger partial charge in [-0.15, -0.1) is 0 Å². The van der Waals surface area contributed by atoms with Crippen molar-refractivity contribution >= 4 is 12.3 Å². The van der Waals surface area contributed by atoms with E-state index in [1.165, 1.54) is 13.8 Å². The molecule has 0 aliphatic heterocycles. The third-order valence-electron chi connectivity index (χ3n) is 0.747. The molecule has 0 unspecified atom stereocenters. The monoisotopic (exact) mass is 158 g/mol. The van der Waals surface area contributed by atoms with Crippen molar-refractivity contribution in [2.45, 2.75) is 19.6 Å². The molecule has 0 spiro atoms. The Morgan fingerprint density at radius 1 is 1.64 bits per heavy atom. The molecule has 1 N–H and O–H groups in total. The Kier molecular flexibility index (Phi) is 2.95. The Balaban J connectivity index is 4.09. The fourth-order valence-corrected chi connectivity index (χ4v) is 0.341. The van der Waals surface area contributed by atoms with E-state index < -0.39 is 11.8 Å². The van der Waals surface area contributed by atoms with Gasteiger partial charge in [-0.05, 0) is 0 Å². The van der Waals surface area contributed by atoms with Gasteiger partial charge in [0.2, 0.25) is 5.79 Å². The second-order valence-electron chi connectivity index (χ2n) is 2.48. The summed E-state index contributed by atoms with van der Waals surface area (Å²) in [5.74, 6) is -2.48. The van der Waals surface area contributed by atoms with E-state index in [4.69, 9.17) is 5.11 Å². The molecule has 0 fully saturated rings. The van der Waals surface area contributed by atoms with E-state index in [0.29, 0.717) is 0 Å². The molecular weight excluding hydrogens is 148 g/mol. The van der Waals surface area contributed by atoms with Gasteiger partial charge in [-0.25, -0.2) is 4.79 Å². The van der Waals surface area contributed by atoms with E-state index >= 15 is 0 Å². The Morgan fingerprint density at radius 2 is 2.09 bits per heavy atom. The van der Waals surface area contributed by atoms with Crippen LogP contribution in [0.2, 0.25) is 0 Å². The maximum Gasteiger partial charge on any atom is 0.343 e. The summed E-state index contributed by atoms with van der Waals surface area (Å²) in [4.78, 5) is 20.6. The van der Waals surface area contributed by atoms with E-state index in [0.717, 1.165) is 0 Å². The minimum Gasteiger partial charge on any atom is -0.430 e. The van der Waals surface area contributed by atoms with E-state index in [9.17, 15) is 9.59 Å². The molecule has 0 heterocycles. The number of ether oxygens (including phenoxy) is 1. The molecular formula is C7H10O4. The predicted molar refractivity (Wildman–Crippen MR) is 37.6 cm³/mol. The van der Waals surface area contributed by atoms with E-state index in [1.807, 2.05) is 0 Å². The highest BCUT2D eigenvalue weighted by atomic mass is 16.7. The van der Waals surface area contributed by atoms with Crippen molar-refractivity contribution in [1.82, 2.24) is 0 Å². The zero-order chi connectivity index (χ0) is 9.07. The molecule has 0 amide bonds. The Labute approximate surface area is 64.5 Å². The fraction of sp³-hybridized carbons (Fsp3) is 0.429. The van der Waals surface area contributed by atoms with E-state index in [2.05, 4.69) is 11.3 Å². The van der Waals surface area contributed by atoms with Crippen molar-refractivity contribution < 1.29 is 19.4 Å². The van der Waals surface area contributed by atoms with Gasteiger partial charge in [-0.1, -0.05) is 6.58 Å². The summed E-state index contributed by atoms with van der Waals surface area (Å²) in [6.45, 7) is 5.67. The van der Waals surface area contributed by atoms with Gasteiger partial charge in [-0.2, -0.15) is 0 Å². The largest absolute Gasteiger partial charge is 0.430 e. The highest BCUT2D eigenvalue weighted by Crippen LogP contribution is 2.05. The third-order valence-corrected chi connectivity index (χ3v) is 0.747. The standard InChI is InChI=1S/C7H10O4/c1-5(4-8)6(9)11-7(2,3)10/h4,10H,1H2,2-3H3. The lowest BCUT2D eigenvalue weighted by atomic mass is 10.3. The number of rotatable bonds is 3. The predicted octanol–water partition coefficient (Wildman–Crippen LogP) is 0.0131. The lowest BCUT2D eigenvalue weighted by Crippen LogP contribution is -2.28. The quantitative estimate of drug-likeness (QED) is 0.157. The van der Waals surface area contributed by atoms with Gasteiger partial charge in [0.25, 0.3) is 0 Å². The zero-order valence-corrected chi connectivity index (χ0v) is 6.46. The smallest absolute Gasteiger partial charge is 0.343 e. The van der Waals surface area contributed by atoms with Gasteiger partial charge in [0.15, 0.2) is 6.29 Å². The lowest BCUT2D eigenvalue weighted by Gasteiger charge is -2.17. The van der Waals surface area contributed by atoms with Crippen LogP contribution >= 0.6 is 0 Å². The summed E-state index contributed by atoms with van der Waals surface area (Å²) in [6.07, 6.45) is 0.272. The molecule has 0 saturated heterocycles. The minimum atomic E-state index is -1.57. The van der Waals surface area contributed by atoms with Crippen LogP contribution in [0.3, 0.4) is 0 Å². The molecule has 0 aromatic rings. The zero-order valence-electron chi connectivity index (χ0n) is 6.46. The maximum absolute atomic E-state index is 10.7. The second kappa shape index (κ2) is 3.30. The summed E-state index contributed by atoms with van der Waals surface area (Å²) in [6, 6.07) is 0. The first kappa shape index (κ1) is 9.84. The number of hydrogen-bond acceptors (Lipinski definition) is 4. The summed E-state index contributed by atoms with van der Waals surface area (Å²) in [5.41, 5.74) is -0.313. The molecule has 0 bridgehead atoms. The molecule has 0 aromatic heterocycles. The summed E-state index contributed by atoms with van der Waals surface area (Å²) in [5, 5.41) is 8.93. The molecule has 0 aliphatic rings. The molecule has 0 atom stereocenters. The molecule has 4 nitrogen and oxygen atoms in total. The topological polar surface area (TPSA) is 63.6 Å². The highest BCUT2D eigenvalue weighted by molar-refractivity contribution is 6.06.